The van der Waals surface area contributed by atoms with E-state index in [1.54, 1.807) is 11.8 Å². The molecule has 0 aliphatic rings. The van der Waals surface area contributed by atoms with Crippen LogP contribution in [0.4, 0.5) is 0 Å². The summed E-state index contributed by atoms with van der Waals surface area (Å²) < 4.78 is 21.4. The Morgan fingerprint density at radius 3 is 2.69 bits per heavy atom. The van der Waals surface area contributed by atoms with Gasteiger partial charge < -0.3 is 5.32 Å². The van der Waals surface area contributed by atoms with Crippen LogP contribution in [-0.4, -0.2) is 45.0 Å². The van der Waals surface area contributed by atoms with Gasteiger partial charge in [-0.3, -0.25) is 0 Å². The zero-order valence-corrected chi connectivity index (χ0v) is 9.38. The van der Waals surface area contributed by atoms with Crippen molar-refractivity contribution < 1.29 is 8.42 Å². The Kier molecular flexibility index (Phi) is 7.14. The second-order valence-electron chi connectivity index (χ2n) is 2.64. The van der Waals surface area contributed by atoms with E-state index in [-0.39, 0.29) is 5.75 Å². The van der Waals surface area contributed by atoms with Gasteiger partial charge in [0, 0.05) is 25.1 Å². The van der Waals surface area contributed by atoms with Gasteiger partial charge in [-0.2, -0.15) is 0 Å². The molecule has 3 nitrogen and oxygen atoms in total. The molecule has 0 spiro atoms. The lowest BCUT2D eigenvalue weighted by Crippen LogP contribution is -2.24. The highest BCUT2D eigenvalue weighted by molar-refractivity contribution is 7.99. The van der Waals surface area contributed by atoms with E-state index >= 15 is 0 Å². The summed E-state index contributed by atoms with van der Waals surface area (Å²) in [7, 11) is -2.82. The first-order chi connectivity index (χ1) is 6.06. The van der Waals surface area contributed by atoms with Crippen molar-refractivity contribution >= 4 is 21.6 Å². The summed E-state index contributed by atoms with van der Waals surface area (Å²) in [5, 5.41) is 3.03. The Bertz CT molecular complexity index is 254. The van der Waals surface area contributed by atoms with Gasteiger partial charge in [0.1, 0.15) is 9.84 Å². The van der Waals surface area contributed by atoms with Gasteiger partial charge in [-0.15, -0.1) is 18.2 Å². The highest BCUT2D eigenvalue weighted by Gasteiger charge is 1.99. The minimum atomic E-state index is -2.82. The van der Waals surface area contributed by atoms with Gasteiger partial charge >= 0.3 is 0 Å². The lowest BCUT2D eigenvalue weighted by Gasteiger charge is -2.01. The Balaban J connectivity index is 3.14. The quantitative estimate of drug-likeness (QED) is 0.485. The summed E-state index contributed by atoms with van der Waals surface area (Å²) in [6.45, 7) is 1.33. The Morgan fingerprint density at radius 1 is 1.46 bits per heavy atom. The SMILES string of the molecule is C#CCSCCNCCS(C)(=O)=O. The second kappa shape index (κ2) is 7.25. The van der Waals surface area contributed by atoms with Crippen molar-refractivity contribution in [1.82, 2.24) is 5.32 Å². The largest absolute Gasteiger partial charge is 0.315 e. The van der Waals surface area contributed by atoms with Crippen LogP contribution in [0.1, 0.15) is 0 Å². The fraction of sp³-hybridized carbons (Fsp3) is 0.750. The summed E-state index contributed by atoms with van der Waals surface area (Å²) in [5.41, 5.74) is 0. The van der Waals surface area contributed by atoms with Crippen LogP contribution in [0, 0.1) is 12.3 Å². The molecule has 13 heavy (non-hydrogen) atoms. The molecule has 0 aromatic carbocycles. The minimum Gasteiger partial charge on any atom is -0.315 e. The van der Waals surface area contributed by atoms with E-state index in [4.69, 9.17) is 6.42 Å². The summed E-state index contributed by atoms with van der Waals surface area (Å²) in [5.74, 6) is 4.36. The van der Waals surface area contributed by atoms with Gasteiger partial charge in [-0.05, 0) is 0 Å². The number of hydrogen-bond donors (Lipinski definition) is 1. The Hall–Kier alpha value is -0.180. The molecule has 0 saturated heterocycles. The average molecular weight is 221 g/mol. The van der Waals surface area contributed by atoms with E-state index in [2.05, 4.69) is 11.2 Å². The zero-order chi connectivity index (χ0) is 10.2. The third kappa shape index (κ3) is 11.8. The minimum absolute atomic E-state index is 0.201. The van der Waals surface area contributed by atoms with Crippen molar-refractivity contribution in [2.45, 2.75) is 0 Å². The average Bonchev–Trinajstić information content (AvgIpc) is 2.01. The summed E-state index contributed by atoms with van der Waals surface area (Å²) in [6.07, 6.45) is 6.29. The lowest BCUT2D eigenvalue weighted by molar-refractivity contribution is 0.598. The molecule has 0 amide bonds. The molecule has 0 heterocycles. The van der Waals surface area contributed by atoms with Crippen LogP contribution in [0.15, 0.2) is 0 Å². The van der Waals surface area contributed by atoms with Crippen LogP contribution in [0.3, 0.4) is 0 Å². The predicted molar refractivity (Wildman–Crippen MR) is 58.7 cm³/mol. The van der Waals surface area contributed by atoms with Gasteiger partial charge in [0.05, 0.1) is 11.5 Å². The molecule has 0 aliphatic carbocycles. The zero-order valence-electron chi connectivity index (χ0n) is 7.75. The first kappa shape index (κ1) is 12.8. The van der Waals surface area contributed by atoms with Crippen LogP contribution in [0.5, 0.6) is 0 Å². The summed E-state index contributed by atoms with van der Waals surface area (Å²) in [4.78, 5) is 0. The molecule has 0 fully saturated rings. The van der Waals surface area contributed by atoms with Crippen molar-refractivity contribution in [3.05, 3.63) is 0 Å². The highest BCUT2D eigenvalue weighted by Crippen LogP contribution is 1.94. The molecule has 0 aromatic rings. The fourth-order valence-electron chi connectivity index (χ4n) is 0.658. The number of hydrogen-bond acceptors (Lipinski definition) is 4. The number of sulfone groups is 1. The van der Waals surface area contributed by atoms with Crippen molar-refractivity contribution in [1.29, 1.82) is 0 Å². The van der Waals surface area contributed by atoms with Gasteiger partial charge in [0.2, 0.25) is 0 Å². The molecule has 76 valence electrons. The molecule has 0 radical (unpaired) electrons. The van der Waals surface area contributed by atoms with Crippen molar-refractivity contribution in [2.75, 3.05) is 36.6 Å². The lowest BCUT2D eigenvalue weighted by atomic mass is 10.7. The molecule has 0 aliphatic heterocycles. The topological polar surface area (TPSA) is 46.2 Å². The first-order valence-electron chi connectivity index (χ1n) is 3.96. The van der Waals surface area contributed by atoms with E-state index < -0.39 is 9.84 Å². The number of terminal acetylenes is 1. The Morgan fingerprint density at radius 2 is 2.15 bits per heavy atom. The summed E-state index contributed by atoms with van der Waals surface area (Å²) >= 11 is 1.66. The normalized spacial score (nSPS) is 11.1. The molecular weight excluding hydrogens is 206 g/mol. The summed E-state index contributed by atoms with van der Waals surface area (Å²) in [6, 6.07) is 0. The predicted octanol–water partition coefficient (Wildman–Crippen LogP) is -0.0130. The van der Waals surface area contributed by atoms with Gasteiger partial charge in [-0.1, -0.05) is 5.92 Å². The second-order valence-corrected chi connectivity index (χ2v) is 6.00. The van der Waals surface area contributed by atoms with Gasteiger partial charge in [0.25, 0.3) is 0 Å². The maximum absolute atomic E-state index is 10.7. The van der Waals surface area contributed by atoms with E-state index in [9.17, 15) is 8.42 Å². The number of thioether (sulfide) groups is 1. The van der Waals surface area contributed by atoms with E-state index in [1.165, 1.54) is 6.26 Å². The van der Waals surface area contributed by atoms with Crippen LogP contribution in [-0.2, 0) is 9.84 Å². The van der Waals surface area contributed by atoms with Gasteiger partial charge in [0.15, 0.2) is 0 Å². The third-order valence-corrected chi connectivity index (χ3v) is 3.07. The molecule has 0 aromatic heterocycles. The standard InChI is InChI=1S/C8H15NO2S2/c1-3-6-12-7-4-9-5-8-13(2,10)11/h1,9H,4-8H2,2H3. The highest BCUT2D eigenvalue weighted by atomic mass is 32.2. The van der Waals surface area contributed by atoms with Crippen molar-refractivity contribution in [2.24, 2.45) is 0 Å². The molecule has 0 rings (SSSR count). The first-order valence-corrected chi connectivity index (χ1v) is 7.17. The van der Waals surface area contributed by atoms with Crippen LogP contribution in [0.25, 0.3) is 0 Å². The number of rotatable bonds is 7. The van der Waals surface area contributed by atoms with Crippen LogP contribution >= 0.6 is 11.8 Å². The molecular formula is C8H15NO2S2. The molecule has 1 N–H and O–H groups in total. The number of nitrogens with one attached hydrogen (secondary N) is 1. The molecule has 5 heteroatoms. The van der Waals surface area contributed by atoms with Crippen LogP contribution in [0.2, 0.25) is 0 Å². The fourth-order valence-corrected chi connectivity index (χ4v) is 1.72. The van der Waals surface area contributed by atoms with Gasteiger partial charge in [-0.25, -0.2) is 8.42 Å². The Labute approximate surface area is 84.6 Å². The molecule has 0 bridgehead atoms. The third-order valence-electron chi connectivity index (χ3n) is 1.26. The molecule has 0 saturated carbocycles. The molecule has 0 unspecified atom stereocenters. The van der Waals surface area contributed by atoms with Crippen LogP contribution < -0.4 is 5.32 Å². The monoisotopic (exact) mass is 221 g/mol. The molecule has 0 atom stereocenters. The van der Waals surface area contributed by atoms with Crippen molar-refractivity contribution in [3.63, 3.8) is 0 Å². The van der Waals surface area contributed by atoms with E-state index in [0.717, 1.165) is 12.3 Å². The van der Waals surface area contributed by atoms with E-state index in [0.29, 0.717) is 12.3 Å². The van der Waals surface area contributed by atoms with E-state index in [1.807, 2.05) is 0 Å². The maximum atomic E-state index is 10.7. The maximum Gasteiger partial charge on any atom is 0.148 e. The van der Waals surface area contributed by atoms with Crippen molar-refractivity contribution in [3.8, 4) is 12.3 Å². The smallest absolute Gasteiger partial charge is 0.148 e.